The highest BCUT2D eigenvalue weighted by atomic mass is 16.1. The van der Waals surface area contributed by atoms with Gasteiger partial charge in [-0.3, -0.25) is 9.69 Å². The van der Waals surface area contributed by atoms with Crippen molar-refractivity contribution in [2.75, 3.05) is 6.54 Å². The lowest BCUT2D eigenvalue weighted by Crippen LogP contribution is -2.44. The number of hydrogen-bond donors (Lipinski definition) is 1. The molecule has 1 aliphatic rings. The van der Waals surface area contributed by atoms with Crippen LogP contribution in [0.25, 0.3) is 0 Å². The van der Waals surface area contributed by atoms with Crippen molar-refractivity contribution in [3.63, 3.8) is 0 Å². The molecule has 0 bridgehead atoms. The van der Waals surface area contributed by atoms with E-state index in [9.17, 15) is 4.79 Å². The summed E-state index contributed by atoms with van der Waals surface area (Å²) in [5.41, 5.74) is 5.29. The number of unbranched alkanes of at least 4 members (excludes halogenated alkanes) is 1. The van der Waals surface area contributed by atoms with E-state index in [1.54, 1.807) is 0 Å². The predicted molar refractivity (Wildman–Crippen MR) is 53.3 cm³/mol. The smallest absolute Gasteiger partial charge is 0.234 e. The van der Waals surface area contributed by atoms with E-state index in [-0.39, 0.29) is 11.9 Å². The Kier molecular flexibility index (Phi) is 3.72. The first-order valence-corrected chi connectivity index (χ1v) is 5.22. The van der Waals surface area contributed by atoms with Gasteiger partial charge in [0, 0.05) is 6.04 Å². The number of rotatable bonds is 6. The van der Waals surface area contributed by atoms with Crippen LogP contribution < -0.4 is 5.73 Å². The fourth-order valence-corrected chi connectivity index (χ4v) is 1.60. The van der Waals surface area contributed by atoms with Gasteiger partial charge in [0.25, 0.3) is 0 Å². The zero-order valence-corrected chi connectivity index (χ0v) is 8.62. The molecule has 1 unspecified atom stereocenters. The number of carbonyl (C=O) groups is 1. The van der Waals surface area contributed by atoms with Crippen LogP contribution in [0, 0.1) is 0 Å². The van der Waals surface area contributed by atoms with E-state index in [1.807, 2.05) is 6.92 Å². The maximum atomic E-state index is 11.0. The van der Waals surface area contributed by atoms with Crippen molar-refractivity contribution in [1.82, 2.24) is 4.90 Å². The van der Waals surface area contributed by atoms with Gasteiger partial charge >= 0.3 is 0 Å². The maximum Gasteiger partial charge on any atom is 0.234 e. The van der Waals surface area contributed by atoms with E-state index in [0.29, 0.717) is 6.04 Å². The molecule has 1 rings (SSSR count). The second-order valence-corrected chi connectivity index (χ2v) is 3.90. The average molecular weight is 184 g/mol. The fraction of sp³-hybridized carbons (Fsp3) is 0.900. The quantitative estimate of drug-likeness (QED) is 0.672. The highest BCUT2D eigenvalue weighted by Gasteiger charge is 2.33. The maximum absolute atomic E-state index is 11.0. The summed E-state index contributed by atoms with van der Waals surface area (Å²) in [6, 6.07) is 0.549. The van der Waals surface area contributed by atoms with Crippen molar-refractivity contribution in [2.45, 2.75) is 51.6 Å². The zero-order chi connectivity index (χ0) is 9.84. The van der Waals surface area contributed by atoms with E-state index >= 15 is 0 Å². The number of carbonyl (C=O) groups excluding carboxylic acids is 1. The minimum Gasteiger partial charge on any atom is -0.368 e. The molecule has 1 saturated carbocycles. The molecule has 0 radical (unpaired) electrons. The Bertz CT molecular complexity index is 178. The van der Waals surface area contributed by atoms with Gasteiger partial charge in [-0.05, 0) is 32.7 Å². The van der Waals surface area contributed by atoms with Gasteiger partial charge in [0.05, 0.1) is 6.04 Å². The number of nitrogens with two attached hydrogens (primary N) is 1. The highest BCUT2D eigenvalue weighted by molar-refractivity contribution is 5.79. The third kappa shape index (κ3) is 2.99. The van der Waals surface area contributed by atoms with Crippen LogP contribution in [0.15, 0.2) is 0 Å². The van der Waals surface area contributed by atoms with Crippen LogP contribution >= 0.6 is 0 Å². The van der Waals surface area contributed by atoms with Crippen LogP contribution in [0.4, 0.5) is 0 Å². The Morgan fingerprint density at radius 3 is 2.62 bits per heavy atom. The first-order chi connectivity index (χ1) is 6.16. The lowest BCUT2D eigenvalue weighted by molar-refractivity contribution is -0.122. The summed E-state index contributed by atoms with van der Waals surface area (Å²) in [6.45, 7) is 5.10. The Labute approximate surface area is 80.3 Å². The normalized spacial score (nSPS) is 19.0. The molecule has 76 valence electrons. The van der Waals surface area contributed by atoms with Crippen molar-refractivity contribution in [3.05, 3.63) is 0 Å². The molecular formula is C10H20N2O. The van der Waals surface area contributed by atoms with Gasteiger partial charge in [0.15, 0.2) is 0 Å². The number of amides is 1. The largest absolute Gasteiger partial charge is 0.368 e. The van der Waals surface area contributed by atoms with E-state index in [0.717, 1.165) is 13.0 Å². The predicted octanol–water partition coefficient (Wildman–Crippen LogP) is 1.12. The third-order valence-electron chi connectivity index (χ3n) is 2.69. The molecule has 3 heteroatoms. The molecular weight excluding hydrogens is 164 g/mol. The average Bonchev–Trinajstić information content (AvgIpc) is 2.88. The second kappa shape index (κ2) is 4.61. The van der Waals surface area contributed by atoms with Crippen molar-refractivity contribution in [1.29, 1.82) is 0 Å². The minimum absolute atomic E-state index is 0.0842. The van der Waals surface area contributed by atoms with Gasteiger partial charge in [-0.1, -0.05) is 13.3 Å². The van der Waals surface area contributed by atoms with E-state index in [2.05, 4.69) is 11.8 Å². The van der Waals surface area contributed by atoms with Crippen LogP contribution in [-0.2, 0) is 4.79 Å². The molecule has 1 amide bonds. The van der Waals surface area contributed by atoms with Gasteiger partial charge in [-0.15, -0.1) is 0 Å². The van der Waals surface area contributed by atoms with Crippen LogP contribution in [0.3, 0.4) is 0 Å². The molecule has 1 atom stereocenters. The van der Waals surface area contributed by atoms with Crippen molar-refractivity contribution >= 4 is 5.91 Å². The standard InChI is InChI=1S/C10H20N2O/c1-3-4-7-12(9-5-6-9)8(2)10(11)13/h8-9H,3-7H2,1-2H3,(H2,11,13). The third-order valence-corrected chi connectivity index (χ3v) is 2.69. The molecule has 0 aromatic heterocycles. The molecule has 2 N–H and O–H groups in total. The van der Waals surface area contributed by atoms with Crippen LogP contribution in [-0.4, -0.2) is 29.4 Å². The molecule has 0 aliphatic heterocycles. The lowest BCUT2D eigenvalue weighted by atomic mass is 10.2. The Balaban J connectivity index is 2.40. The van der Waals surface area contributed by atoms with E-state index in [4.69, 9.17) is 5.73 Å². The zero-order valence-electron chi connectivity index (χ0n) is 8.62. The number of primary amides is 1. The van der Waals surface area contributed by atoms with Crippen LogP contribution in [0.1, 0.15) is 39.5 Å². The number of nitrogens with zero attached hydrogens (tertiary/aromatic N) is 1. The Morgan fingerprint density at radius 1 is 1.62 bits per heavy atom. The summed E-state index contributed by atoms with van der Waals surface area (Å²) < 4.78 is 0. The van der Waals surface area contributed by atoms with Crippen LogP contribution in [0.5, 0.6) is 0 Å². The molecule has 0 spiro atoms. The van der Waals surface area contributed by atoms with Gasteiger partial charge in [0.1, 0.15) is 0 Å². The lowest BCUT2D eigenvalue weighted by Gasteiger charge is -2.26. The van der Waals surface area contributed by atoms with Gasteiger partial charge in [-0.25, -0.2) is 0 Å². The summed E-state index contributed by atoms with van der Waals surface area (Å²) in [7, 11) is 0. The summed E-state index contributed by atoms with van der Waals surface area (Å²) in [5.74, 6) is -0.192. The van der Waals surface area contributed by atoms with E-state index in [1.165, 1.54) is 19.3 Å². The molecule has 1 fully saturated rings. The van der Waals surface area contributed by atoms with Crippen LogP contribution in [0.2, 0.25) is 0 Å². The van der Waals surface area contributed by atoms with Gasteiger partial charge in [0.2, 0.25) is 5.91 Å². The molecule has 0 saturated heterocycles. The monoisotopic (exact) mass is 184 g/mol. The first kappa shape index (κ1) is 10.5. The Morgan fingerprint density at radius 2 is 2.23 bits per heavy atom. The SMILES string of the molecule is CCCCN(C1CC1)C(C)C(N)=O. The highest BCUT2D eigenvalue weighted by Crippen LogP contribution is 2.28. The summed E-state index contributed by atoms with van der Waals surface area (Å²) in [6.07, 6.45) is 4.81. The summed E-state index contributed by atoms with van der Waals surface area (Å²) >= 11 is 0. The van der Waals surface area contributed by atoms with Crippen molar-refractivity contribution in [2.24, 2.45) is 5.73 Å². The molecule has 1 aliphatic carbocycles. The van der Waals surface area contributed by atoms with Crippen molar-refractivity contribution < 1.29 is 4.79 Å². The summed E-state index contributed by atoms with van der Waals surface area (Å²) in [4.78, 5) is 13.3. The van der Waals surface area contributed by atoms with Crippen molar-refractivity contribution in [3.8, 4) is 0 Å². The number of hydrogen-bond acceptors (Lipinski definition) is 2. The molecule has 3 nitrogen and oxygen atoms in total. The topological polar surface area (TPSA) is 46.3 Å². The molecule has 0 aromatic rings. The van der Waals surface area contributed by atoms with Gasteiger partial charge in [-0.2, -0.15) is 0 Å². The molecule has 0 heterocycles. The molecule has 0 aromatic carbocycles. The second-order valence-electron chi connectivity index (χ2n) is 3.90. The fourth-order valence-electron chi connectivity index (χ4n) is 1.60. The van der Waals surface area contributed by atoms with E-state index < -0.39 is 0 Å². The molecule has 13 heavy (non-hydrogen) atoms. The first-order valence-electron chi connectivity index (χ1n) is 5.22. The van der Waals surface area contributed by atoms with Gasteiger partial charge < -0.3 is 5.73 Å². The Hall–Kier alpha value is -0.570. The minimum atomic E-state index is -0.192. The summed E-state index contributed by atoms with van der Waals surface area (Å²) in [5, 5.41) is 0.